The van der Waals surface area contributed by atoms with E-state index < -0.39 is 0 Å². The van der Waals surface area contributed by atoms with Crippen LogP contribution >= 0.6 is 15.9 Å². The fourth-order valence-electron chi connectivity index (χ4n) is 1.10. The molecule has 0 saturated carbocycles. The Morgan fingerprint density at radius 2 is 2.23 bits per heavy atom. The summed E-state index contributed by atoms with van der Waals surface area (Å²) < 4.78 is 6.14. The molecule has 2 nitrogen and oxygen atoms in total. The van der Waals surface area contributed by atoms with E-state index in [-0.39, 0.29) is 5.90 Å². The molecule has 0 atom stereocenters. The first-order chi connectivity index (χ1) is 6.15. The molecule has 0 radical (unpaired) electrons. The molecule has 0 spiro atoms. The van der Waals surface area contributed by atoms with Gasteiger partial charge >= 0.3 is 0 Å². The van der Waals surface area contributed by atoms with Crippen LogP contribution in [0, 0.1) is 12.3 Å². The van der Waals surface area contributed by atoms with E-state index in [4.69, 9.17) is 10.1 Å². The van der Waals surface area contributed by atoms with Gasteiger partial charge in [0.2, 0.25) is 5.90 Å². The first-order valence-electron chi connectivity index (χ1n) is 4.13. The quantitative estimate of drug-likeness (QED) is 0.627. The smallest absolute Gasteiger partial charge is 0.213 e. The van der Waals surface area contributed by atoms with Crippen LogP contribution in [0.25, 0.3) is 0 Å². The summed E-state index contributed by atoms with van der Waals surface area (Å²) in [6, 6.07) is 5.77. The third-order valence-corrected chi connectivity index (χ3v) is 2.22. The van der Waals surface area contributed by atoms with Crippen molar-refractivity contribution in [3.05, 3.63) is 33.8 Å². The summed E-state index contributed by atoms with van der Waals surface area (Å²) in [5.41, 5.74) is 1.90. The van der Waals surface area contributed by atoms with Crippen LogP contribution in [0.4, 0.5) is 0 Å². The van der Waals surface area contributed by atoms with E-state index in [9.17, 15) is 0 Å². The van der Waals surface area contributed by atoms with Crippen LogP contribution in [0.5, 0.6) is 0 Å². The average molecular weight is 242 g/mol. The molecular weight excluding hydrogens is 230 g/mol. The molecule has 0 bridgehead atoms. The van der Waals surface area contributed by atoms with E-state index >= 15 is 0 Å². The number of aryl methyl sites for hydroxylation is 1. The number of benzene rings is 1. The molecule has 0 aliphatic heterocycles. The summed E-state index contributed by atoms with van der Waals surface area (Å²) in [6.07, 6.45) is 0. The minimum atomic E-state index is 0.243. The molecule has 70 valence electrons. The SMILES string of the molecule is CCOC(=N)c1ccc(Br)cc1C. The number of halogens is 1. The van der Waals surface area contributed by atoms with Gasteiger partial charge in [0.05, 0.1) is 6.61 Å². The van der Waals surface area contributed by atoms with Crippen LogP contribution in [-0.2, 0) is 4.74 Å². The van der Waals surface area contributed by atoms with Crippen LogP contribution in [0.15, 0.2) is 22.7 Å². The average Bonchev–Trinajstić information content (AvgIpc) is 2.04. The Morgan fingerprint density at radius 1 is 1.54 bits per heavy atom. The molecule has 0 unspecified atom stereocenters. The first kappa shape index (κ1) is 10.3. The van der Waals surface area contributed by atoms with E-state index in [1.54, 1.807) is 0 Å². The molecule has 1 rings (SSSR count). The van der Waals surface area contributed by atoms with Gasteiger partial charge in [-0.15, -0.1) is 0 Å². The van der Waals surface area contributed by atoms with Crippen molar-refractivity contribution in [1.82, 2.24) is 0 Å². The summed E-state index contributed by atoms with van der Waals surface area (Å²) in [6.45, 7) is 4.38. The topological polar surface area (TPSA) is 33.1 Å². The van der Waals surface area contributed by atoms with Gasteiger partial charge in [0.15, 0.2) is 0 Å². The van der Waals surface area contributed by atoms with Crippen molar-refractivity contribution >= 4 is 21.8 Å². The fourth-order valence-corrected chi connectivity index (χ4v) is 1.58. The zero-order valence-corrected chi connectivity index (χ0v) is 9.31. The van der Waals surface area contributed by atoms with Crippen LogP contribution in [-0.4, -0.2) is 12.5 Å². The highest BCUT2D eigenvalue weighted by Gasteiger charge is 2.05. The van der Waals surface area contributed by atoms with Crippen molar-refractivity contribution in [1.29, 1.82) is 5.41 Å². The maximum atomic E-state index is 7.60. The lowest BCUT2D eigenvalue weighted by Gasteiger charge is -2.07. The standard InChI is InChI=1S/C10H12BrNO/c1-3-13-10(12)9-5-4-8(11)6-7(9)2/h4-6,12H,3H2,1-2H3. The molecule has 13 heavy (non-hydrogen) atoms. The first-order valence-corrected chi connectivity index (χ1v) is 4.92. The molecule has 0 aliphatic rings. The van der Waals surface area contributed by atoms with Crippen molar-refractivity contribution in [2.24, 2.45) is 0 Å². The summed E-state index contributed by atoms with van der Waals surface area (Å²) in [5.74, 6) is 0.243. The molecular formula is C10H12BrNO. The van der Waals surface area contributed by atoms with Gasteiger partial charge in [0.25, 0.3) is 0 Å². The molecule has 0 amide bonds. The highest BCUT2D eigenvalue weighted by Crippen LogP contribution is 2.16. The lowest BCUT2D eigenvalue weighted by molar-refractivity contribution is 0.325. The van der Waals surface area contributed by atoms with Crippen molar-refractivity contribution in [3.63, 3.8) is 0 Å². The molecule has 0 saturated heterocycles. The molecule has 1 N–H and O–H groups in total. The van der Waals surface area contributed by atoms with Gasteiger partial charge in [-0.3, -0.25) is 5.41 Å². The molecule has 3 heteroatoms. The highest BCUT2D eigenvalue weighted by atomic mass is 79.9. The largest absolute Gasteiger partial charge is 0.478 e. The molecule has 0 aliphatic carbocycles. The molecule has 0 aromatic heterocycles. The van der Waals surface area contributed by atoms with E-state index in [1.165, 1.54) is 0 Å². The van der Waals surface area contributed by atoms with Gasteiger partial charge < -0.3 is 4.74 Å². The maximum absolute atomic E-state index is 7.60. The van der Waals surface area contributed by atoms with E-state index in [0.29, 0.717) is 6.61 Å². The Bertz CT molecular complexity index is 323. The predicted octanol–water partition coefficient (Wildman–Crippen LogP) is 3.12. The molecule has 1 aromatic rings. The van der Waals surface area contributed by atoms with E-state index in [2.05, 4.69) is 15.9 Å². The Balaban J connectivity index is 2.95. The van der Waals surface area contributed by atoms with Crippen LogP contribution in [0.2, 0.25) is 0 Å². The second-order valence-corrected chi connectivity index (χ2v) is 3.64. The summed E-state index contributed by atoms with van der Waals surface area (Å²) in [5, 5.41) is 7.60. The van der Waals surface area contributed by atoms with E-state index in [0.717, 1.165) is 15.6 Å². The van der Waals surface area contributed by atoms with Gasteiger partial charge in [0.1, 0.15) is 0 Å². The second kappa shape index (κ2) is 4.42. The number of hydrogen-bond donors (Lipinski definition) is 1. The van der Waals surface area contributed by atoms with E-state index in [1.807, 2.05) is 32.0 Å². The monoisotopic (exact) mass is 241 g/mol. The van der Waals surface area contributed by atoms with Gasteiger partial charge in [-0.2, -0.15) is 0 Å². The molecule has 0 heterocycles. The van der Waals surface area contributed by atoms with Crippen LogP contribution < -0.4 is 0 Å². The predicted molar refractivity (Wildman–Crippen MR) is 57.3 cm³/mol. The Hall–Kier alpha value is -0.830. The summed E-state index contributed by atoms with van der Waals surface area (Å²) in [4.78, 5) is 0. The van der Waals surface area contributed by atoms with Crippen molar-refractivity contribution in [3.8, 4) is 0 Å². The normalized spacial score (nSPS) is 9.77. The Morgan fingerprint density at radius 3 is 2.77 bits per heavy atom. The Labute approximate surface area is 86.6 Å². The zero-order chi connectivity index (χ0) is 9.84. The molecule has 1 aromatic carbocycles. The van der Waals surface area contributed by atoms with Crippen molar-refractivity contribution in [2.75, 3.05) is 6.61 Å². The lowest BCUT2D eigenvalue weighted by Crippen LogP contribution is -2.06. The zero-order valence-electron chi connectivity index (χ0n) is 7.73. The van der Waals surface area contributed by atoms with Crippen molar-refractivity contribution < 1.29 is 4.74 Å². The summed E-state index contributed by atoms with van der Waals surface area (Å²) in [7, 11) is 0. The fraction of sp³-hybridized carbons (Fsp3) is 0.300. The molecule has 0 fully saturated rings. The van der Waals surface area contributed by atoms with Crippen molar-refractivity contribution in [2.45, 2.75) is 13.8 Å². The van der Waals surface area contributed by atoms with Gasteiger partial charge in [-0.05, 0) is 37.6 Å². The Kier molecular flexibility index (Phi) is 3.48. The lowest BCUT2D eigenvalue weighted by atomic mass is 10.1. The van der Waals surface area contributed by atoms with Gasteiger partial charge in [-0.25, -0.2) is 0 Å². The second-order valence-electron chi connectivity index (χ2n) is 2.72. The highest BCUT2D eigenvalue weighted by molar-refractivity contribution is 9.10. The number of nitrogens with one attached hydrogen (secondary N) is 1. The van der Waals surface area contributed by atoms with Crippen LogP contribution in [0.3, 0.4) is 0 Å². The maximum Gasteiger partial charge on any atom is 0.213 e. The third kappa shape index (κ3) is 2.56. The van der Waals surface area contributed by atoms with Gasteiger partial charge in [0, 0.05) is 10.0 Å². The number of hydrogen-bond acceptors (Lipinski definition) is 2. The third-order valence-electron chi connectivity index (χ3n) is 1.72. The minimum Gasteiger partial charge on any atom is -0.478 e. The number of ether oxygens (including phenoxy) is 1. The summed E-state index contributed by atoms with van der Waals surface area (Å²) >= 11 is 3.37. The number of rotatable bonds is 2. The minimum absolute atomic E-state index is 0.243. The van der Waals surface area contributed by atoms with Gasteiger partial charge in [-0.1, -0.05) is 15.9 Å². The van der Waals surface area contributed by atoms with Crippen LogP contribution in [0.1, 0.15) is 18.1 Å².